The smallest absolute Gasteiger partial charge is 0.293 e. The Balaban J connectivity index is 0.00000288. The van der Waals surface area contributed by atoms with Crippen LogP contribution in [0.25, 0.3) is 0 Å². The van der Waals surface area contributed by atoms with E-state index < -0.39 is 53.8 Å². The number of amides is 1. The zero-order valence-electron chi connectivity index (χ0n) is 13.5. The molecule has 1 amide bonds. The number of hydrogen-bond donors (Lipinski definition) is 2. The standard InChI is InChI=1S/C11H10N2O8S2.2K/c1-6(14)8-5-11(15)13(12-8)9-4-7(22(16,17)18)2-3-10(9)23(19,20)21;;/h2-4H,5H2,1H3,(H,16,17,18)(H,19,20,21);;. The van der Waals surface area contributed by atoms with Crippen molar-refractivity contribution in [1.29, 1.82) is 0 Å². The molecule has 25 heavy (non-hydrogen) atoms. The summed E-state index contributed by atoms with van der Waals surface area (Å²) in [4.78, 5) is 21.7. The monoisotopic (exact) mass is 440 g/mol. The molecule has 1 heterocycles. The van der Waals surface area contributed by atoms with Crippen LogP contribution in [0.2, 0.25) is 0 Å². The van der Waals surface area contributed by atoms with Crippen molar-refractivity contribution in [2.24, 2.45) is 5.10 Å². The SMILES string of the molecule is CC(=O)C1=NN(c2cc(S(=O)(=O)O)ccc2S(=O)(=O)O)C(=O)C1.[K].[K]. The number of Topliss-reactive ketones (excluding diaryl/α,β-unsaturated/α-hetero) is 1. The summed E-state index contributed by atoms with van der Waals surface area (Å²) in [5.74, 6) is -1.33. The van der Waals surface area contributed by atoms with Crippen LogP contribution in [-0.2, 0) is 29.8 Å². The minimum atomic E-state index is -4.82. The van der Waals surface area contributed by atoms with Crippen molar-refractivity contribution < 1.29 is 35.5 Å². The van der Waals surface area contributed by atoms with Crippen molar-refractivity contribution >= 4 is 146 Å². The van der Waals surface area contributed by atoms with Crippen LogP contribution in [-0.4, -0.2) is 146 Å². The first-order valence-corrected chi connectivity index (χ1v) is 8.79. The van der Waals surface area contributed by atoms with Gasteiger partial charge in [0.15, 0.2) is 5.78 Å². The first kappa shape index (κ1) is 26.1. The van der Waals surface area contributed by atoms with Gasteiger partial charge in [0.2, 0.25) is 0 Å². The fourth-order valence-corrected chi connectivity index (χ4v) is 3.00. The molecule has 1 aliphatic rings. The van der Waals surface area contributed by atoms with E-state index in [1.165, 1.54) is 0 Å². The third-order valence-electron chi connectivity index (χ3n) is 2.92. The number of ketones is 1. The van der Waals surface area contributed by atoms with Gasteiger partial charge in [0, 0.05) is 110 Å². The van der Waals surface area contributed by atoms with Crippen molar-refractivity contribution in [3.05, 3.63) is 18.2 Å². The molecular formula is C11H10K2N2O8S2. The second-order valence-electron chi connectivity index (χ2n) is 4.56. The van der Waals surface area contributed by atoms with Crippen LogP contribution < -0.4 is 5.01 Å². The minimum absolute atomic E-state index is 0. The second-order valence-corrected chi connectivity index (χ2v) is 7.38. The molecule has 0 atom stereocenters. The molecule has 2 radical (unpaired) electrons. The van der Waals surface area contributed by atoms with Crippen LogP contribution in [0.5, 0.6) is 0 Å². The molecule has 0 fully saturated rings. The van der Waals surface area contributed by atoms with Crippen LogP contribution in [0.4, 0.5) is 5.69 Å². The van der Waals surface area contributed by atoms with Gasteiger partial charge in [0.1, 0.15) is 10.6 Å². The predicted octanol–water partition coefficient (Wildman–Crippen LogP) is -0.900. The Bertz CT molecular complexity index is 956. The van der Waals surface area contributed by atoms with Gasteiger partial charge in [-0.3, -0.25) is 18.7 Å². The number of anilines is 1. The van der Waals surface area contributed by atoms with Crippen LogP contribution in [0.15, 0.2) is 33.1 Å². The van der Waals surface area contributed by atoms with Crippen molar-refractivity contribution in [1.82, 2.24) is 0 Å². The summed E-state index contributed by atoms with van der Waals surface area (Å²) in [5.41, 5.74) is -0.752. The number of nitrogens with zero attached hydrogens (tertiary/aromatic N) is 2. The molecule has 2 rings (SSSR count). The average Bonchev–Trinajstić information content (AvgIpc) is 2.78. The molecule has 0 saturated heterocycles. The summed E-state index contributed by atoms with van der Waals surface area (Å²) in [7, 11) is -9.51. The Morgan fingerprint density at radius 2 is 1.68 bits per heavy atom. The topological polar surface area (TPSA) is 158 Å². The molecule has 1 aliphatic heterocycles. The summed E-state index contributed by atoms with van der Waals surface area (Å²) in [6.45, 7) is 1.15. The first-order chi connectivity index (χ1) is 10.4. The molecule has 0 spiro atoms. The Kier molecular flexibility index (Phi) is 9.98. The van der Waals surface area contributed by atoms with Gasteiger partial charge in [-0.2, -0.15) is 26.9 Å². The zero-order valence-corrected chi connectivity index (χ0v) is 21.4. The van der Waals surface area contributed by atoms with E-state index in [1.807, 2.05) is 0 Å². The largest absolute Gasteiger partial charge is 0.296 e. The molecule has 0 unspecified atom stereocenters. The Labute approximate surface area is 228 Å². The normalized spacial score (nSPS) is 14.4. The van der Waals surface area contributed by atoms with E-state index in [0.717, 1.165) is 13.0 Å². The number of rotatable bonds is 4. The number of carbonyl (C=O) groups excluding carboxylic acids is 2. The zero-order chi connectivity index (χ0) is 17.6. The Hall–Kier alpha value is 1.12. The van der Waals surface area contributed by atoms with E-state index in [0.29, 0.717) is 17.1 Å². The first-order valence-electron chi connectivity index (χ1n) is 5.91. The fraction of sp³-hybridized carbons (Fsp3) is 0.182. The maximum atomic E-state index is 11.9. The summed E-state index contributed by atoms with van der Waals surface area (Å²) >= 11 is 0. The molecule has 10 nitrogen and oxygen atoms in total. The number of hydrazone groups is 1. The third-order valence-corrected chi connectivity index (χ3v) is 4.67. The van der Waals surface area contributed by atoms with E-state index in [4.69, 9.17) is 4.55 Å². The molecule has 0 bridgehead atoms. The van der Waals surface area contributed by atoms with Crippen LogP contribution in [0.3, 0.4) is 0 Å². The van der Waals surface area contributed by atoms with Crippen LogP contribution in [0, 0.1) is 0 Å². The van der Waals surface area contributed by atoms with Crippen molar-refractivity contribution in [2.45, 2.75) is 23.1 Å². The van der Waals surface area contributed by atoms with Gasteiger partial charge in [0.05, 0.1) is 17.0 Å². The Morgan fingerprint density at radius 1 is 1.12 bits per heavy atom. The van der Waals surface area contributed by atoms with Crippen molar-refractivity contribution in [3.63, 3.8) is 0 Å². The van der Waals surface area contributed by atoms with E-state index in [-0.39, 0.29) is 108 Å². The number of hydrogen-bond acceptors (Lipinski definition) is 7. The third kappa shape index (κ3) is 6.31. The molecule has 1 aromatic rings. The maximum Gasteiger partial charge on any atom is 0.296 e. The van der Waals surface area contributed by atoms with Crippen LogP contribution in [0.1, 0.15) is 13.3 Å². The van der Waals surface area contributed by atoms with Gasteiger partial charge in [0.25, 0.3) is 26.1 Å². The molecule has 2 N–H and O–H groups in total. The summed E-state index contributed by atoms with van der Waals surface area (Å²) in [6, 6.07) is 2.09. The van der Waals surface area contributed by atoms with Gasteiger partial charge in [-0.05, 0) is 18.2 Å². The molecule has 14 heteroatoms. The van der Waals surface area contributed by atoms with E-state index >= 15 is 0 Å². The summed E-state index contributed by atoms with van der Waals surface area (Å²) in [5, 5.41) is 4.13. The number of benzene rings is 1. The average molecular weight is 441 g/mol. The molecule has 0 saturated carbocycles. The predicted molar refractivity (Wildman–Crippen MR) is 87.8 cm³/mol. The van der Waals surface area contributed by atoms with E-state index in [2.05, 4.69) is 5.10 Å². The Morgan fingerprint density at radius 3 is 2.08 bits per heavy atom. The van der Waals surface area contributed by atoms with Gasteiger partial charge in [-0.1, -0.05) is 0 Å². The quantitative estimate of drug-likeness (QED) is 0.450. The van der Waals surface area contributed by atoms with Gasteiger partial charge in [-0.15, -0.1) is 0 Å². The van der Waals surface area contributed by atoms with Crippen molar-refractivity contribution in [2.75, 3.05) is 5.01 Å². The maximum absolute atomic E-state index is 11.9. The van der Waals surface area contributed by atoms with E-state index in [1.54, 1.807) is 0 Å². The fourth-order valence-electron chi connectivity index (χ4n) is 1.85. The summed E-state index contributed by atoms with van der Waals surface area (Å²) < 4.78 is 63.3. The second kappa shape index (κ2) is 9.55. The van der Waals surface area contributed by atoms with Crippen LogP contribution >= 0.6 is 0 Å². The van der Waals surface area contributed by atoms with E-state index in [9.17, 15) is 31.0 Å². The molecule has 1 aromatic carbocycles. The molecule has 0 aromatic heterocycles. The van der Waals surface area contributed by atoms with Gasteiger partial charge < -0.3 is 0 Å². The molecule has 126 valence electrons. The van der Waals surface area contributed by atoms with Gasteiger partial charge >= 0.3 is 0 Å². The number of carbonyl (C=O) groups is 2. The summed E-state index contributed by atoms with van der Waals surface area (Å²) in [6.07, 6.45) is -0.406. The molecule has 0 aliphatic carbocycles. The minimum Gasteiger partial charge on any atom is -0.293 e. The van der Waals surface area contributed by atoms with Crippen molar-refractivity contribution in [3.8, 4) is 0 Å². The molecular weight excluding hydrogens is 430 g/mol. The van der Waals surface area contributed by atoms with Gasteiger partial charge in [-0.25, -0.2) is 0 Å².